The molecule has 1 aliphatic heterocycles. The molecule has 2 aromatic heterocycles. The monoisotopic (exact) mass is 545 g/mol. The molecule has 1 fully saturated rings. The summed E-state index contributed by atoms with van der Waals surface area (Å²) in [7, 11) is -9.85. The van der Waals surface area contributed by atoms with Crippen molar-refractivity contribution in [2.75, 3.05) is 11.5 Å². The van der Waals surface area contributed by atoms with Crippen LogP contribution in [0.25, 0.3) is 16.6 Å². The summed E-state index contributed by atoms with van der Waals surface area (Å²) in [4.78, 5) is 21.4. The lowest BCUT2D eigenvalue weighted by Gasteiger charge is -2.40. The molecule has 2 N–H and O–H groups in total. The minimum atomic E-state index is -9.85. The van der Waals surface area contributed by atoms with E-state index in [0.29, 0.717) is 41.6 Å². The van der Waals surface area contributed by atoms with E-state index < -0.39 is 32.9 Å². The number of amides is 1. The Hall–Kier alpha value is -3.13. The van der Waals surface area contributed by atoms with E-state index in [2.05, 4.69) is 9.97 Å². The summed E-state index contributed by atoms with van der Waals surface area (Å²) in [5.74, 6) is -1.16. The number of nitrogens with zero attached hydrogens (tertiary/aromatic N) is 4. The Morgan fingerprint density at radius 3 is 2.56 bits per heavy atom. The molecule has 0 radical (unpaired) electrons. The van der Waals surface area contributed by atoms with Gasteiger partial charge in [-0.3, -0.25) is 9.20 Å². The molecule has 4 aromatic rings. The van der Waals surface area contributed by atoms with Crippen LogP contribution in [0.1, 0.15) is 34.8 Å². The van der Waals surface area contributed by atoms with Crippen molar-refractivity contribution in [2.45, 2.75) is 34.7 Å². The number of nitrogens with two attached hydrogens (primary N) is 1. The number of nitrogen functional groups attached to an aromatic ring is 1. The van der Waals surface area contributed by atoms with Crippen molar-refractivity contribution in [3.8, 4) is 0 Å². The summed E-state index contributed by atoms with van der Waals surface area (Å²) >= 11 is 0.963. The van der Waals surface area contributed by atoms with Gasteiger partial charge in [-0.05, 0) is 36.6 Å². The third kappa shape index (κ3) is 3.74. The summed E-state index contributed by atoms with van der Waals surface area (Å²) in [5, 5.41) is 0. The first kappa shape index (κ1) is 23.3. The normalized spacial score (nSPS) is 19.8. The first-order valence-corrected chi connectivity index (χ1v) is 13.7. The van der Waals surface area contributed by atoms with Gasteiger partial charge >= 0.3 is 10.2 Å². The maximum Gasteiger partial charge on any atom is 0.310 e. The third-order valence-corrected chi connectivity index (χ3v) is 8.68. The molecule has 0 spiro atoms. The zero-order valence-electron chi connectivity index (χ0n) is 18.2. The highest BCUT2D eigenvalue weighted by atomic mass is 32.5. The van der Waals surface area contributed by atoms with E-state index >= 15 is 4.39 Å². The van der Waals surface area contributed by atoms with Crippen LogP contribution in [0.2, 0.25) is 0 Å². The van der Waals surface area contributed by atoms with Gasteiger partial charge in [0.05, 0.1) is 35.2 Å². The number of aromatic nitrogens is 3. The molecule has 2 aromatic carbocycles. The molecule has 190 valence electrons. The van der Waals surface area contributed by atoms with Gasteiger partial charge in [0, 0.05) is 22.8 Å². The number of hydrogen-bond acceptors (Lipinski definition) is 5. The summed E-state index contributed by atoms with van der Waals surface area (Å²) in [6.07, 6.45) is 4.23. The Morgan fingerprint density at radius 2 is 1.86 bits per heavy atom. The van der Waals surface area contributed by atoms with Crippen LogP contribution in [-0.2, 0) is 0 Å². The van der Waals surface area contributed by atoms with E-state index in [4.69, 9.17) is 5.73 Å². The molecule has 1 atom stereocenters. The van der Waals surface area contributed by atoms with Crippen molar-refractivity contribution in [3.63, 3.8) is 0 Å². The second kappa shape index (κ2) is 6.79. The first-order chi connectivity index (χ1) is 16.7. The van der Waals surface area contributed by atoms with Gasteiger partial charge in [0.15, 0.2) is 0 Å². The molecule has 14 heteroatoms. The van der Waals surface area contributed by atoms with Crippen LogP contribution in [0, 0.1) is 5.82 Å². The standard InChI is InChI=1S/C22H17F6N5OS2/c23-15-7-16-17(32-10-30-8-18(32)21(29)31-16)6-14(15)22(34)33(11-1-2-11)19-9-35-20-5-12(3-4-13(19)20)36(24,25,26,27)28/h3-8,10-11,19H,1-2,9H2,(H2,29,31)/t19-/m1/s1. The van der Waals surface area contributed by atoms with E-state index in [-0.39, 0.29) is 33.6 Å². The van der Waals surface area contributed by atoms with Crippen LogP contribution >= 0.6 is 22.0 Å². The van der Waals surface area contributed by atoms with Gasteiger partial charge in [0.2, 0.25) is 0 Å². The molecule has 0 unspecified atom stereocenters. The van der Waals surface area contributed by atoms with Gasteiger partial charge < -0.3 is 10.6 Å². The molecule has 1 aliphatic carbocycles. The summed E-state index contributed by atoms with van der Waals surface area (Å²) < 4.78 is 83.3. The van der Waals surface area contributed by atoms with Gasteiger partial charge in [-0.2, -0.15) is 0 Å². The second-order valence-electron chi connectivity index (χ2n) is 8.91. The molecule has 0 saturated heterocycles. The molecular formula is C22H17F6N5OS2. The van der Waals surface area contributed by atoms with Gasteiger partial charge in [0.25, 0.3) is 5.91 Å². The van der Waals surface area contributed by atoms with E-state index in [1.165, 1.54) is 23.5 Å². The molecule has 6 nitrogen and oxygen atoms in total. The Morgan fingerprint density at radius 1 is 1.11 bits per heavy atom. The fraction of sp³-hybridized carbons (Fsp3) is 0.227. The molecule has 1 saturated carbocycles. The number of carbonyl (C=O) groups excluding carboxylic acids is 1. The number of hydrogen-bond donors (Lipinski definition) is 1. The van der Waals surface area contributed by atoms with Crippen molar-refractivity contribution in [3.05, 3.63) is 59.8 Å². The lowest BCUT2D eigenvalue weighted by atomic mass is 10.0. The molecule has 0 bridgehead atoms. The molecular weight excluding hydrogens is 528 g/mol. The van der Waals surface area contributed by atoms with Crippen molar-refractivity contribution in [2.24, 2.45) is 0 Å². The largest absolute Gasteiger partial charge is 0.382 e. The zero-order valence-corrected chi connectivity index (χ0v) is 19.8. The van der Waals surface area contributed by atoms with E-state index in [1.807, 2.05) is 0 Å². The molecule has 2 aliphatic rings. The minimum Gasteiger partial charge on any atom is -0.382 e. The number of imidazole rings is 1. The van der Waals surface area contributed by atoms with Crippen LogP contribution in [0.3, 0.4) is 0 Å². The number of halogens is 6. The predicted molar refractivity (Wildman–Crippen MR) is 125 cm³/mol. The number of anilines is 1. The van der Waals surface area contributed by atoms with Crippen LogP contribution < -0.4 is 5.73 Å². The summed E-state index contributed by atoms with van der Waals surface area (Å²) in [6, 6.07) is 3.32. The number of fused-ring (bicyclic) bond motifs is 4. The fourth-order valence-electron chi connectivity index (χ4n) is 4.56. The minimum absolute atomic E-state index is 0.0305. The summed E-state index contributed by atoms with van der Waals surface area (Å²) in [5.41, 5.74) is 7.10. The summed E-state index contributed by atoms with van der Waals surface area (Å²) in [6.45, 7) is 0. The Balaban J connectivity index is 1.42. The number of thioether (sulfide) groups is 1. The average molecular weight is 546 g/mol. The SMILES string of the molecule is Nc1nc2cc(F)c(C(=O)N(C3CC3)[C@@H]3CSc4cc(S(F)(F)(F)(F)F)ccc43)cc2n2cncc12. The number of rotatable bonds is 4. The van der Waals surface area contributed by atoms with Crippen LogP contribution in [0.4, 0.5) is 29.6 Å². The zero-order chi connectivity index (χ0) is 25.7. The lowest BCUT2D eigenvalue weighted by molar-refractivity contribution is 0.0674. The molecule has 6 rings (SSSR count). The highest BCUT2D eigenvalue weighted by molar-refractivity contribution is 8.45. The highest BCUT2D eigenvalue weighted by Gasteiger charge is 2.65. The first-order valence-electron chi connectivity index (χ1n) is 10.8. The Kier molecular flexibility index (Phi) is 4.39. The van der Waals surface area contributed by atoms with Gasteiger partial charge in [-0.1, -0.05) is 25.5 Å². The van der Waals surface area contributed by atoms with Crippen LogP contribution in [0.5, 0.6) is 0 Å². The Labute approximate surface area is 204 Å². The molecule has 36 heavy (non-hydrogen) atoms. The maximum absolute atomic E-state index is 15.2. The Bertz CT molecular complexity index is 1600. The third-order valence-electron chi connectivity index (χ3n) is 6.39. The van der Waals surface area contributed by atoms with Crippen molar-refractivity contribution in [1.29, 1.82) is 0 Å². The van der Waals surface area contributed by atoms with E-state index in [0.717, 1.165) is 23.9 Å². The van der Waals surface area contributed by atoms with Crippen molar-refractivity contribution >= 4 is 50.3 Å². The van der Waals surface area contributed by atoms with Gasteiger partial charge in [-0.15, -0.1) is 11.8 Å². The number of benzene rings is 2. The lowest BCUT2D eigenvalue weighted by Crippen LogP contribution is -2.37. The van der Waals surface area contributed by atoms with E-state index in [1.54, 1.807) is 4.40 Å². The van der Waals surface area contributed by atoms with Crippen LogP contribution in [-0.4, -0.2) is 37.0 Å². The van der Waals surface area contributed by atoms with Crippen LogP contribution in [0.15, 0.2) is 52.6 Å². The quantitative estimate of drug-likeness (QED) is 0.289. The smallest absolute Gasteiger partial charge is 0.310 e. The average Bonchev–Trinajstić information content (AvgIpc) is 3.31. The maximum atomic E-state index is 15.2. The van der Waals surface area contributed by atoms with Crippen molar-refractivity contribution in [1.82, 2.24) is 19.3 Å². The molecule has 1 amide bonds. The van der Waals surface area contributed by atoms with Gasteiger partial charge in [-0.25, -0.2) is 14.4 Å². The highest BCUT2D eigenvalue weighted by Crippen LogP contribution is 3.02. The van der Waals surface area contributed by atoms with Gasteiger partial charge in [0.1, 0.15) is 22.0 Å². The number of carbonyl (C=O) groups is 1. The predicted octanol–water partition coefficient (Wildman–Crippen LogP) is 6.71. The molecule has 3 heterocycles. The van der Waals surface area contributed by atoms with E-state index in [9.17, 15) is 24.2 Å². The fourth-order valence-corrected chi connectivity index (χ4v) is 6.56. The van der Waals surface area contributed by atoms with Crippen molar-refractivity contribution < 1.29 is 28.6 Å². The second-order valence-corrected chi connectivity index (χ2v) is 12.4. The topological polar surface area (TPSA) is 76.5 Å².